The summed E-state index contributed by atoms with van der Waals surface area (Å²) in [5, 5.41) is 17.5. The topological polar surface area (TPSA) is 85.1 Å². The van der Waals surface area contributed by atoms with Crippen LogP contribution in [0.1, 0.15) is 6.42 Å². The minimum absolute atomic E-state index is 0.118. The first-order valence-corrected chi connectivity index (χ1v) is 6.59. The highest BCUT2D eigenvalue weighted by molar-refractivity contribution is 6.28. The molecular weight excluding hydrogens is 282 g/mol. The van der Waals surface area contributed by atoms with Gasteiger partial charge in [0.25, 0.3) is 0 Å². The van der Waals surface area contributed by atoms with Crippen LogP contribution in [0.15, 0.2) is 18.5 Å². The Labute approximate surface area is 120 Å². The first-order chi connectivity index (χ1) is 9.69. The molecule has 0 bridgehead atoms. The summed E-state index contributed by atoms with van der Waals surface area (Å²) in [4.78, 5) is 8.15. The van der Waals surface area contributed by atoms with Gasteiger partial charge in [-0.15, -0.1) is 0 Å². The molecule has 2 atom stereocenters. The fourth-order valence-electron chi connectivity index (χ4n) is 2.25. The van der Waals surface area contributed by atoms with Crippen LogP contribution < -0.4 is 10.1 Å². The molecule has 0 saturated carbocycles. The van der Waals surface area contributed by atoms with E-state index in [2.05, 4.69) is 20.4 Å². The van der Waals surface area contributed by atoms with Gasteiger partial charge in [0, 0.05) is 0 Å². The Morgan fingerprint density at radius 3 is 3.15 bits per heavy atom. The van der Waals surface area contributed by atoms with E-state index in [1.165, 1.54) is 7.11 Å². The number of halogens is 1. The van der Waals surface area contributed by atoms with Crippen LogP contribution in [0.4, 0.5) is 0 Å². The molecule has 0 spiro atoms. The average molecular weight is 296 g/mol. The van der Waals surface area contributed by atoms with Crippen molar-refractivity contribution in [2.45, 2.75) is 25.1 Å². The van der Waals surface area contributed by atoms with Crippen molar-refractivity contribution in [1.82, 2.24) is 25.1 Å². The van der Waals surface area contributed by atoms with Crippen molar-refractivity contribution in [3.63, 3.8) is 0 Å². The molecule has 2 aromatic heterocycles. The molecule has 2 unspecified atom stereocenters. The zero-order valence-corrected chi connectivity index (χ0v) is 11.6. The molecule has 0 radical (unpaired) electrons. The SMILES string of the molecule is COc1nc(Cl)nc2cnn(CC3NC=CCC3O)c12. The van der Waals surface area contributed by atoms with Gasteiger partial charge in [0.2, 0.25) is 11.2 Å². The quantitative estimate of drug-likeness (QED) is 0.812. The van der Waals surface area contributed by atoms with Gasteiger partial charge in [-0.3, -0.25) is 4.68 Å². The molecular formula is C12H14ClN5O2. The van der Waals surface area contributed by atoms with Crippen LogP contribution in [0, 0.1) is 0 Å². The Kier molecular flexibility index (Phi) is 3.45. The van der Waals surface area contributed by atoms with Gasteiger partial charge in [-0.25, -0.2) is 4.98 Å². The number of nitrogens with one attached hydrogen (secondary N) is 1. The molecule has 0 saturated heterocycles. The van der Waals surface area contributed by atoms with Crippen LogP contribution in [-0.4, -0.2) is 44.1 Å². The van der Waals surface area contributed by atoms with E-state index in [1.807, 2.05) is 12.3 Å². The zero-order chi connectivity index (χ0) is 14.1. The lowest BCUT2D eigenvalue weighted by atomic mass is 10.1. The van der Waals surface area contributed by atoms with Gasteiger partial charge < -0.3 is 15.2 Å². The monoisotopic (exact) mass is 295 g/mol. The maximum Gasteiger partial charge on any atom is 0.244 e. The van der Waals surface area contributed by atoms with Crippen LogP contribution in [0.2, 0.25) is 5.28 Å². The Hall–Kier alpha value is -1.86. The van der Waals surface area contributed by atoms with Crippen molar-refractivity contribution in [2.75, 3.05) is 7.11 Å². The molecule has 3 heterocycles. The van der Waals surface area contributed by atoms with Gasteiger partial charge in [0.15, 0.2) is 0 Å². The number of ether oxygens (including phenoxy) is 1. The molecule has 0 aliphatic carbocycles. The zero-order valence-electron chi connectivity index (χ0n) is 10.8. The van der Waals surface area contributed by atoms with Crippen LogP contribution >= 0.6 is 11.6 Å². The molecule has 106 valence electrons. The molecule has 3 rings (SSSR count). The predicted octanol–water partition coefficient (Wildman–Crippen LogP) is 0.725. The minimum Gasteiger partial charge on any atom is -0.479 e. The molecule has 0 amide bonds. The number of fused-ring (bicyclic) bond motifs is 1. The van der Waals surface area contributed by atoms with Crippen molar-refractivity contribution in [3.8, 4) is 5.88 Å². The molecule has 1 aliphatic heterocycles. The highest BCUT2D eigenvalue weighted by Gasteiger charge is 2.22. The van der Waals surface area contributed by atoms with Crippen LogP contribution in [0.5, 0.6) is 5.88 Å². The summed E-state index contributed by atoms with van der Waals surface area (Å²) in [6.07, 6.45) is 5.50. The third-order valence-corrected chi connectivity index (χ3v) is 3.43. The van der Waals surface area contributed by atoms with Crippen LogP contribution in [-0.2, 0) is 6.54 Å². The summed E-state index contributed by atoms with van der Waals surface area (Å²) in [6, 6.07) is -0.122. The molecule has 2 N–H and O–H groups in total. The highest BCUT2D eigenvalue weighted by atomic mass is 35.5. The molecule has 0 aromatic carbocycles. The third-order valence-electron chi connectivity index (χ3n) is 3.26. The van der Waals surface area contributed by atoms with Crippen molar-refractivity contribution >= 4 is 22.6 Å². The normalized spacial score (nSPS) is 21.9. The Morgan fingerprint density at radius 2 is 2.40 bits per heavy atom. The highest BCUT2D eigenvalue weighted by Crippen LogP contribution is 2.24. The predicted molar refractivity (Wildman–Crippen MR) is 73.6 cm³/mol. The number of aliphatic hydroxyl groups excluding tert-OH is 1. The number of nitrogens with zero attached hydrogens (tertiary/aromatic N) is 4. The maximum absolute atomic E-state index is 9.97. The summed E-state index contributed by atoms with van der Waals surface area (Å²) in [6.45, 7) is 0.482. The van der Waals surface area contributed by atoms with Crippen molar-refractivity contribution < 1.29 is 9.84 Å². The molecule has 1 aliphatic rings. The number of aliphatic hydroxyl groups is 1. The van der Waals surface area contributed by atoms with Gasteiger partial charge >= 0.3 is 0 Å². The largest absolute Gasteiger partial charge is 0.479 e. The standard InChI is InChI=1S/C12H14ClN5O2/c1-20-11-10-7(16-12(13)17-11)5-15-18(10)6-8-9(19)3-2-4-14-8/h2,4-5,8-9,14,19H,3,6H2,1H3. The van der Waals surface area contributed by atoms with E-state index in [0.717, 1.165) is 0 Å². The second kappa shape index (κ2) is 5.26. The van der Waals surface area contributed by atoms with Crippen LogP contribution in [0.25, 0.3) is 11.0 Å². The fraction of sp³-hybridized carbons (Fsp3) is 0.417. The number of aromatic nitrogens is 4. The molecule has 0 fully saturated rings. The Bertz CT molecular complexity index is 657. The second-order valence-corrected chi connectivity index (χ2v) is 4.88. The fourth-order valence-corrected chi connectivity index (χ4v) is 2.42. The van der Waals surface area contributed by atoms with Gasteiger partial charge in [-0.2, -0.15) is 10.1 Å². The van der Waals surface area contributed by atoms with E-state index in [9.17, 15) is 5.11 Å². The summed E-state index contributed by atoms with van der Waals surface area (Å²) in [5.74, 6) is 0.373. The smallest absolute Gasteiger partial charge is 0.244 e. The minimum atomic E-state index is -0.460. The molecule has 8 heteroatoms. The summed E-state index contributed by atoms with van der Waals surface area (Å²) >= 11 is 5.83. The number of hydrogen-bond donors (Lipinski definition) is 2. The summed E-state index contributed by atoms with van der Waals surface area (Å²) < 4.78 is 6.94. The van der Waals surface area contributed by atoms with Crippen molar-refractivity contribution in [3.05, 3.63) is 23.8 Å². The van der Waals surface area contributed by atoms with Crippen molar-refractivity contribution in [1.29, 1.82) is 0 Å². The number of hydrogen-bond acceptors (Lipinski definition) is 6. The lowest BCUT2D eigenvalue weighted by Crippen LogP contribution is -2.42. The molecule has 7 nitrogen and oxygen atoms in total. The third kappa shape index (κ3) is 2.30. The van der Waals surface area contributed by atoms with E-state index in [4.69, 9.17) is 16.3 Å². The van der Waals surface area contributed by atoms with E-state index in [0.29, 0.717) is 29.9 Å². The first-order valence-electron chi connectivity index (χ1n) is 6.21. The number of methoxy groups -OCH3 is 1. The summed E-state index contributed by atoms with van der Waals surface area (Å²) in [7, 11) is 1.52. The van der Waals surface area contributed by atoms with E-state index in [-0.39, 0.29) is 11.3 Å². The van der Waals surface area contributed by atoms with E-state index in [1.54, 1.807) is 10.9 Å². The summed E-state index contributed by atoms with van der Waals surface area (Å²) in [5.41, 5.74) is 1.28. The lowest BCUT2D eigenvalue weighted by molar-refractivity contribution is 0.120. The van der Waals surface area contributed by atoms with Crippen molar-refractivity contribution in [2.24, 2.45) is 0 Å². The van der Waals surface area contributed by atoms with Gasteiger partial charge in [-0.05, 0) is 24.2 Å². The van der Waals surface area contributed by atoms with E-state index >= 15 is 0 Å². The van der Waals surface area contributed by atoms with Crippen LogP contribution in [0.3, 0.4) is 0 Å². The van der Waals surface area contributed by atoms with Gasteiger partial charge in [0.1, 0.15) is 11.0 Å². The molecule has 20 heavy (non-hydrogen) atoms. The van der Waals surface area contributed by atoms with Gasteiger partial charge in [-0.1, -0.05) is 6.08 Å². The lowest BCUT2D eigenvalue weighted by Gasteiger charge is -2.26. The Balaban J connectivity index is 1.97. The second-order valence-electron chi connectivity index (χ2n) is 4.54. The van der Waals surface area contributed by atoms with Gasteiger partial charge in [0.05, 0.1) is 32.0 Å². The maximum atomic E-state index is 9.97. The van der Waals surface area contributed by atoms with E-state index < -0.39 is 6.10 Å². The Morgan fingerprint density at radius 1 is 1.55 bits per heavy atom. The average Bonchev–Trinajstić information content (AvgIpc) is 2.83. The first kappa shape index (κ1) is 13.1. The molecule has 2 aromatic rings. The number of rotatable bonds is 3.